The molecule has 0 N–H and O–H groups in total. The van der Waals surface area contributed by atoms with Crippen LogP contribution in [0.15, 0.2) is 66.2 Å². The van der Waals surface area contributed by atoms with Crippen LogP contribution in [0.3, 0.4) is 0 Å². The number of amides is 2. The van der Waals surface area contributed by atoms with Gasteiger partial charge in [-0.3, -0.25) is 14.6 Å². The molecule has 0 bridgehead atoms. The second kappa shape index (κ2) is 9.04. The molecule has 154 valence electrons. The van der Waals surface area contributed by atoms with Crippen LogP contribution in [0.5, 0.6) is 0 Å². The zero-order valence-corrected chi connectivity index (χ0v) is 16.9. The maximum absolute atomic E-state index is 13.5. The SMILES string of the molecule is O=C(C1CCCN1C(=O)OCc1ccccc1)N(c1ccc(F)cc1)c1nccs1. The van der Waals surface area contributed by atoms with E-state index >= 15 is 0 Å². The van der Waals surface area contributed by atoms with E-state index in [2.05, 4.69) is 4.98 Å². The van der Waals surface area contributed by atoms with Gasteiger partial charge in [0.15, 0.2) is 5.13 Å². The van der Waals surface area contributed by atoms with E-state index in [1.807, 2.05) is 30.3 Å². The van der Waals surface area contributed by atoms with Gasteiger partial charge in [-0.2, -0.15) is 0 Å². The lowest BCUT2D eigenvalue weighted by atomic mass is 10.2. The number of aromatic nitrogens is 1. The lowest BCUT2D eigenvalue weighted by Gasteiger charge is -2.28. The van der Waals surface area contributed by atoms with Crippen LogP contribution < -0.4 is 4.90 Å². The van der Waals surface area contributed by atoms with Crippen molar-refractivity contribution in [1.29, 1.82) is 0 Å². The van der Waals surface area contributed by atoms with Gasteiger partial charge < -0.3 is 4.74 Å². The predicted octanol–water partition coefficient (Wildman–Crippen LogP) is 4.75. The Morgan fingerprint density at radius 1 is 1.17 bits per heavy atom. The van der Waals surface area contributed by atoms with Gasteiger partial charge in [0.2, 0.25) is 0 Å². The quantitative estimate of drug-likeness (QED) is 0.592. The van der Waals surface area contributed by atoms with Gasteiger partial charge in [-0.25, -0.2) is 14.2 Å². The van der Waals surface area contributed by atoms with Crippen LogP contribution in [0.2, 0.25) is 0 Å². The molecule has 1 aromatic heterocycles. The van der Waals surface area contributed by atoms with E-state index < -0.39 is 18.0 Å². The number of benzene rings is 2. The van der Waals surface area contributed by atoms with Crippen molar-refractivity contribution in [3.63, 3.8) is 0 Å². The summed E-state index contributed by atoms with van der Waals surface area (Å²) in [6, 6.07) is 14.4. The summed E-state index contributed by atoms with van der Waals surface area (Å²) in [5.41, 5.74) is 1.38. The lowest BCUT2D eigenvalue weighted by molar-refractivity contribution is -0.121. The highest BCUT2D eigenvalue weighted by Gasteiger charge is 2.39. The zero-order valence-electron chi connectivity index (χ0n) is 16.1. The van der Waals surface area contributed by atoms with Crippen molar-refractivity contribution in [2.45, 2.75) is 25.5 Å². The number of nitrogens with zero attached hydrogens (tertiary/aromatic N) is 3. The Morgan fingerprint density at radius 3 is 2.63 bits per heavy atom. The van der Waals surface area contributed by atoms with Crippen molar-refractivity contribution < 1.29 is 18.7 Å². The number of ether oxygens (including phenoxy) is 1. The topological polar surface area (TPSA) is 62.7 Å². The Morgan fingerprint density at radius 2 is 1.93 bits per heavy atom. The highest BCUT2D eigenvalue weighted by Crippen LogP contribution is 2.31. The molecule has 1 fully saturated rings. The lowest BCUT2D eigenvalue weighted by Crippen LogP contribution is -2.46. The van der Waals surface area contributed by atoms with Gasteiger partial charge in [-0.15, -0.1) is 11.3 Å². The van der Waals surface area contributed by atoms with Crippen LogP contribution in [0.1, 0.15) is 18.4 Å². The molecule has 1 unspecified atom stereocenters. The minimum absolute atomic E-state index is 0.144. The van der Waals surface area contributed by atoms with Crippen molar-refractivity contribution in [3.8, 4) is 0 Å². The summed E-state index contributed by atoms with van der Waals surface area (Å²) in [5, 5.41) is 2.23. The van der Waals surface area contributed by atoms with E-state index in [-0.39, 0.29) is 12.5 Å². The first-order valence-corrected chi connectivity index (χ1v) is 10.5. The Balaban J connectivity index is 1.53. The predicted molar refractivity (Wildman–Crippen MR) is 112 cm³/mol. The van der Waals surface area contributed by atoms with Gasteiger partial charge >= 0.3 is 6.09 Å². The normalized spacial score (nSPS) is 15.8. The summed E-state index contributed by atoms with van der Waals surface area (Å²) in [7, 11) is 0. The van der Waals surface area contributed by atoms with Crippen LogP contribution in [-0.4, -0.2) is 34.5 Å². The van der Waals surface area contributed by atoms with Crippen LogP contribution in [0, 0.1) is 5.82 Å². The molecule has 6 nitrogen and oxygen atoms in total. The van der Waals surface area contributed by atoms with Crippen molar-refractivity contribution in [3.05, 3.63) is 77.6 Å². The summed E-state index contributed by atoms with van der Waals surface area (Å²) < 4.78 is 18.8. The molecule has 1 saturated heterocycles. The van der Waals surface area contributed by atoms with E-state index in [1.54, 1.807) is 11.6 Å². The Labute approximate surface area is 177 Å². The first-order valence-electron chi connectivity index (χ1n) is 9.60. The molecule has 1 aliphatic rings. The van der Waals surface area contributed by atoms with Gasteiger partial charge in [0, 0.05) is 18.1 Å². The summed E-state index contributed by atoms with van der Waals surface area (Å²) in [6.45, 7) is 0.588. The van der Waals surface area contributed by atoms with Gasteiger partial charge in [-0.05, 0) is 42.7 Å². The smallest absolute Gasteiger partial charge is 0.410 e. The van der Waals surface area contributed by atoms with Crippen molar-refractivity contribution in [1.82, 2.24) is 9.88 Å². The maximum atomic E-state index is 13.5. The van der Waals surface area contributed by atoms with Gasteiger partial charge in [0.25, 0.3) is 5.91 Å². The first-order chi connectivity index (χ1) is 14.6. The third-order valence-corrected chi connectivity index (χ3v) is 5.65. The van der Waals surface area contributed by atoms with Gasteiger partial charge in [-0.1, -0.05) is 30.3 Å². The third kappa shape index (κ3) is 4.33. The van der Waals surface area contributed by atoms with Crippen LogP contribution in [0.4, 0.5) is 20.0 Å². The molecule has 8 heteroatoms. The van der Waals surface area contributed by atoms with Gasteiger partial charge in [0.05, 0.1) is 5.69 Å². The fourth-order valence-electron chi connectivity index (χ4n) is 3.44. The molecular weight excluding hydrogens is 405 g/mol. The molecule has 0 radical (unpaired) electrons. The zero-order chi connectivity index (χ0) is 20.9. The molecular formula is C22H20FN3O3S. The van der Waals surface area contributed by atoms with Gasteiger partial charge in [0.1, 0.15) is 18.5 Å². The van der Waals surface area contributed by atoms with Crippen molar-refractivity contribution in [2.75, 3.05) is 11.4 Å². The Kier molecular flexibility index (Phi) is 6.04. The monoisotopic (exact) mass is 425 g/mol. The molecule has 2 heterocycles. The standard InChI is InChI=1S/C22H20FN3O3S/c23-17-8-10-18(11-9-17)26(21-24-12-14-30-21)20(27)19-7-4-13-25(19)22(28)29-15-16-5-2-1-3-6-16/h1-3,5-6,8-12,14,19H,4,7,13,15H2. The number of carbonyl (C=O) groups excluding carboxylic acids is 2. The number of thiazole rings is 1. The summed E-state index contributed by atoms with van der Waals surface area (Å²) in [4.78, 5) is 33.3. The fraction of sp³-hybridized carbons (Fsp3) is 0.227. The van der Waals surface area contributed by atoms with Crippen LogP contribution >= 0.6 is 11.3 Å². The molecule has 3 aromatic rings. The van der Waals surface area contributed by atoms with E-state index in [0.717, 1.165) is 5.56 Å². The summed E-state index contributed by atoms with van der Waals surface area (Å²) in [6.07, 6.45) is 2.31. The molecule has 0 saturated carbocycles. The second-order valence-electron chi connectivity index (χ2n) is 6.86. The van der Waals surface area contributed by atoms with E-state index in [4.69, 9.17) is 4.74 Å². The number of rotatable bonds is 5. The summed E-state index contributed by atoms with van der Waals surface area (Å²) in [5.74, 6) is -0.678. The molecule has 2 aromatic carbocycles. The Hall–Kier alpha value is -3.26. The van der Waals surface area contributed by atoms with E-state index in [1.165, 1.54) is 45.4 Å². The number of hydrogen-bond acceptors (Lipinski definition) is 5. The van der Waals surface area contributed by atoms with E-state index in [0.29, 0.717) is 30.2 Å². The maximum Gasteiger partial charge on any atom is 0.410 e. The molecule has 1 atom stereocenters. The molecule has 4 rings (SSSR count). The molecule has 0 aliphatic carbocycles. The second-order valence-corrected chi connectivity index (χ2v) is 7.73. The number of halogens is 1. The fourth-order valence-corrected chi connectivity index (χ4v) is 4.11. The minimum Gasteiger partial charge on any atom is -0.445 e. The average molecular weight is 425 g/mol. The molecule has 2 amide bonds. The third-order valence-electron chi connectivity index (χ3n) is 4.89. The highest BCUT2D eigenvalue weighted by molar-refractivity contribution is 7.13. The molecule has 1 aliphatic heterocycles. The highest BCUT2D eigenvalue weighted by atomic mass is 32.1. The Bertz CT molecular complexity index is 996. The number of likely N-dealkylation sites (tertiary alicyclic amines) is 1. The summed E-state index contributed by atoms with van der Waals surface area (Å²) >= 11 is 1.30. The average Bonchev–Trinajstić information content (AvgIpc) is 3.47. The van der Waals surface area contributed by atoms with Crippen molar-refractivity contribution >= 4 is 34.2 Å². The number of hydrogen-bond donors (Lipinski definition) is 0. The number of carbonyl (C=O) groups is 2. The molecule has 0 spiro atoms. The minimum atomic E-state index is -0.665. The van der Waals surface area contributed by atoms with Crippen LogP contribution in [0.25, 0.3) is 0 Å². The largest absolute Gasteiger partial charge is 0.445 e. The number of anilines is 2. The van der Waals surface area contributed by atoms with E-state index in [9.17, 15) is 14.0 Å². The van der Waals surface area contributed by atoms with Crippen molar-refractivity contribution in [2.24, 2.45) is 0 Å². The van der Waals surface area contributed by atoms with Crippen LogP contribution in [-0.2, 0) is 16.1 Å². The molecule has 30 heavy (non-hydrogen) atoms. The first kappa shape index (κ1) is 20.0.